The number of ketones is 2. The minimum absolute atomic E-state index is 0.00790. The summed E-state index contributed by atoms with van der Waals surface area (Å²) < 4.78 is 0. The number of hydrogen-bond donors (Lipinski definition) is 0. The first-order valence-electron chi connectivity index (χ1n) is 7.25. The van der Waals surface area contributed by atoms with Gasteiger partial charge in [0.15, 0.2) is 11.6 Å². The molecule has 0 aliphatic rings. The third-order valence-electron chi connectivity index (χ3n) is 3.79. The molecule has 0 saturated carbocycles. The first-order chi connectivity index (χ1) is 10.6. The zero-order chi connectivity index (χ0) is 15.5. The van der Waals surface area contributed by atoms with Crippen molar-refractivity contribution in [3.8, 4) is 0 Å². The summed E-state index contributed by atoms with van der Waals surface area (Å²) in [4.78, 5) is 23.6. The second kappa shape index (κ2) is 5.94. The molecule has 0 atom stereocenters. The van der Waals surface area contributed by atoms with Crippen LogP contribution in [0.1, 0.15) is 33.2 Å². The second-order valence-electron chi connectivity index (χ2n) is 5.41. The van der Waals surface area contributed by atoms with Gasteiger partial charge in [-0.2, -0.15) is 0 Å². The minimum Gasteiger partial charge on any atom is -0.295 e. The fourth-order valence-corrected chi connectivity index (χ4v) is 2.53. The SMILES string of the molecule is CC(=O)c1ccc(C(=O)Cc2ccc3ccccc3c2)cc1. The normalized spacial score (nSPS) is 10.6. The lowest BCUT2D eigenvalue weighted by Gasteiger charge is -2.04. The molecule has 3 aromatic carbocycles. The summed E-state index contributed by atoms with van der Waals surface area (Å²) in [5, 5.41) is 2.31. The highest BCUT2D eigenvalue weighted by atomic mass is 16.1. The Kier molecular flexibility index (Phi) is 3.84. The quantitative estimate of drug-likeness (QED) is 0.664. The lowest BCUT2D eigenvalue weighted by Crippen LogP contribution is -2.04. The number of Topliss-reactive ketones (excluding diaryl/α,β-unsaturated/α-hetero) is 2. The second-order valence-corrected chi connectivity index (χ2v) is 5.41. The summed E-state index contributed by atoms with van der Waals surface area (Å²) in [6, 6.07) is 21.0. The van der Waals surface area contributed by atoms with Crippen molar-refractivity contribution in [3.63, 3.8) is 0 Å². The van der Waals surface area contributed by atoms with Gasteiger partial charge in [-0.15, -0.1) is 0 Å². The fraction of sp³-hybridized carbons (Fsp3) is 0.100. The Balaban J connectivity index is 1.81. The van der Waals surface area contributed by atoms with Crippen LogP contribution in [0.5, 0.6) is 0 Å². The average Bonchev–Trinajstić information content (AvgIpc) is 2.55. The van der Waals surface area contributed by atoms with E-state index in [0.29, 0.717) is 17.5 Å². The van der Waals surface area contributed by atoms with Crippen LogP contribution in [0.2, 0.25) is 0 Å². The molecule has 0 radical (unpaired) electrons. The van der Waals surface area contributed by atoms with Gasteiger partial charge in [-0.3, -0.25) is 9.59 Å². The molecule has 0 aromatic heterocycles. The van der Waals surface area contributed by atoms with E-state index in [1.54, 1.807) is 24.3 Å². The summed E-state index contributed by atoms with van der Waals surface area (Å²) in [6.07, 6.45) is 0.365. The maximum Gasteiger partial charge on any atom is 0.167 e. The van der Waals surface area contributed by atoms with Crippen molar-refractivity contribution < 1.29 is 9.59 Å². The maximum atomic E-state index is 12.3. The van der Waals surface area contributed by atoms with Crippen LogP contribution in [0.25, 0.3) is 10.8 Å². The maximum absolute atomic E-state index is 12.3. The summed E-state index contributed by atoms with van der Waals surface area (Å²) in [5.74, 6) is 0.0684. The van der Waals surface area contributed by atoms with Crippen molar-refractivity contribution in [1.29, 1.82) is 0 Å². The van der Waals surface area contributed by atoms with E-state index in [2.05, 4.69) is 12.1 Å². The van der Waals surface area contributed by atoms with Crippen LogP contribution < -0.4 is 0 Å². The van der Waals surface area contributed by atoms with Crippen LogP contribution in [-0.4, -0.2) is 11.6 Å². The van der Waals surface area contributed by atoms with Gasteiger partial charge in [0.05, 0.1) is 0 Å². The predicted octanol–water partition coefficient (Wildman–Crippen LogP) is 4.47. The van der Waals surface area contributed by atoms with Crippen molar-refractivity contribution >= 4 is 22.3 Å². The first-order valence-corrected chi connectivity index (χ1v) is 7.25. The van der Waals surface area contributed by atoms with E-state index in [-0.39, 0.29) is 11.6 Å². The van der Waals surface area contributed by atoms with Crippen LogP contribution in [0.3, 0.4) is 0 Å². The smallest absolute Gasteiger partial charge is 0.167 e. The Morgan fingerprint density at radius 3 is 2.09 bits per heavy atom. The van der Waals surface area contributed by atoms with Crippen LogP contribution in [0.15, 0.2) is 66.7 Å². The van der Waals surface area contributed by atoms with Crippen molar-refractivity contribution in [2.24, 2.45) is 0 Å². The molecule has 0 amide bonds. The number of hydrogen-bond acceptors (Lipinski definition) is 2. The molecular weight excluding hydrogens is 272 g/mol. The van der Waals surface area contributed by atoms with Gasteiger partial charge in [0.1, 0.15) is 0 Å². The van der Waals surface area contributed by atoms with Crippen LogP contribution in [-0.2, 0) is 6.42 Å². The molecule has 22 heavy (non-hydrogen) atoms. The van der Waals surface area contributed by atoms with Gasteiger partial charge in [0.2, 0.25) is 0 Å². The van der Waals surface area contributed by atoms with Crippen LogP contribution in [0, 0.1) is 0 Å². The fourth-order valence-electron chi connectivity index (χ4n) is 2.53. The van der Waals surface area contributed by atoms with Gasteiger partial charge in [-0.05, 0) is 23.3 Å². The van der Waals surface area contributed by atoms with Crippen molar-refractivity contribution in [2.75, 3.05) is 0 Å². The van der Waals surface area contributed by atoms with Crippen LogP contribution in [0.4, 0.5) is 0 Å². The molecule has 2 heteroatoms. The van der Waals surface area contributed by atoms with E-state index in [4.69, 9.17) is 0 Å². The molecule has 108 valence electrons. The molecule has 0 saturated heterocycles. The molecule has 0 heterocycles. The highest BCUT2D eigenvalue weighted by Gasteiger charge is 2.08. The molecule has 0 bridgehead atoms. The first kappa shape index (κ1) is 14.2. The standard InChI is InChI=1S/C20H16O2/c1-14(21)16-8-10-18(11-9-16)20(22)13-15-6-7-17-4-2-3-5-19(17)12-15/h2-12H,13H2,1H3. The lowest BCUT2D eigenvalue weighted by molar-refractivity contribution is 0.0987. The molecule has 0 fully saturated rings. The average molecular weight is 288 g/mol. The summed E-state index contributed by atoms with van der Waals surface area (Å²) in [7, 11) is 0. The summed E-state index contributed by atoms with van der Waals surface area (Å²) in [6.45, 7) is 1.52. The molecule has 0 aliphatic heterocycles. The Labute approximate surface area is 129 Å². The highest BCUT2D eigenvalue weighted by Crippen LogP contribution is 2.17. The number of carbonyl (C=O) groups is 2. The topological polar surface area (TPSA) is 34.1 Å². The molecule has 3 rings (SSSR count). The number of benzene rings is 3. The molecular formula is C20H16O2. The zero-order valence-electron chi connectivity index (χ0n) is 12.4. The van der Waals surface area contributed by atoms with E-state index in [9.17, 15) is 9.59 Å². The minimum atomic E-state index is 0.00790. The van der Waals surface area contributed by atoms with E-state index in [1.165, 1.54) is 12.3 Å². The van der Waals surface area contributed by atoms with Gasteiger partial charge in [-0.1, -0.05) is 66.7 Å². The molecule has 0 aliphatic carbocycles. The monoisotopic (exact) mass is 288 g/mol. The van der Waals surface area contributed by atoms with E-state index < -0.39 is 0 Å². The Bertz CT molecular complexity index is 845. The zero-order valence-corrected chi connectivity index (χ0v) is 12.4. The van der Waals surface area contributed by atoms with E-state index >= 15 is 0 Å². The largest absolute Gasteiger partial charge is 0.295 e. The third kappa shape index (κ3) is 2.96. The number of rotatable bonds is 4. The van der Waals surface area contributed by atoms with Crippen molar-refractivity contribution in [2.45, 2.75) is 13.3 Å². The van der Waals surface area contributed by atoms with Crippen molar-refractivity contribution in [1.82, 2.24) is 0 Å². The lowest BCUT2D eigenvalue weighted by atomic mass is 9.99. The Morgan fingerprint density at radius 1 is 0.773 bits per heavy atom. The summed E-state index contributed by atoms with van der Waals surface area (Å²) in [5.41, 5.74) is 2.26. The van der Waals surface area contributed by atoms with Crippen molar-refractivity contribution in [3.05, 3.63) is 83.4 Å². The van der Waals surface area contributed by atoms with Gasteiger partial charge in [0.25, 0.3) is 0 Å². The Morgan fingerprint density at radius 2 is 1.41 bits per heavy atom. The molecule has 0 unspecified atom stereocenters. The van der Waals surface area contributed by atoms with Gasteiger partial charge in [-0.25, -0.2) is 0 Å². The molecule has 0 N–H and O–H groups in total. The van der Waals surface area contributed by atoms with Gasteiger partial charge in [0, 0.05) is 17.5 Å². The third-order valence-corrected chi connectivity index (χ3v) is 3.79. The summed E-state index contributed by atoms with van der Waals surface area (Å²) >= 11 is 0. The van der Waals surface area contributed by atoms with Crippen LogP contribution >= 0.6 is 0 Å². The van der Waals surface area contributed by atoms with Gasteiger partial charge >= 0.3 is 0 Å². The molecule has 3 aromatic rings. The Hall–Kier alpha value is -2.74. The molecule has 2 nitrogen and oxygen atoms in total. The number of fused-ring (bicyclic) bond motifs is 1. The van der Waals surface area contributed by atoms with E-state index in [0.717, 1.165) is 10.9 Å². The molecule has 0 spiro atoms. The predicted molar refractivity (Wildman–Crippen MR) is 88.4 cm³/mol. The number of carbonyl (C=O) groups excluding carboxylic acids is 2. The van der Waals surface area contributed by atoms with E-state index in [1.807, 2.05) is 30.3 Å². The highest BCUT2D eigenvalue weighted by molar-refractivity contribution is 6.00. The van der Waals surface area contributed by atoms with Gasteiger partial charge < -0.3 is 0 Å².